The quantitative estimate of drug-likeness (QED) is 0.535. The Bertz CT molecular complexity index is 885. The van der Waals surface area contributed by atoms with E-state index in [1.54, 1.807) is 36.4 Å². The van der Waals surface area contributed by atoms with Crippen LogP contribution in [0.2, 0.25) is 10.0 Å². The van der Waals surface area contributed by atoms with Crippen LogP contribution in [0.15, 0.2) is 48.6 Å². The molecule has 0 atom stereocenters. The largest absolute Gasteiger partial charge is 0.504 e. The van der Waals surface area contributed by atoms with Gasteiger partial charge in [-0.05, 0) is 47.5 Å². The molecule has 0 saturated carbocycles. The Morgan fingerprint density at radius 1 is 0.962 bits per heavy atom. The molecule has 6 heteroatoms. The highest BCUT2D eigenvalue weighted by molar-refractivity contribution is 6.42. The first-order chi connectivity index (χ1) is 12.4. The van der Waals surface area contributed by atoms with Crippen molar-refractivity contribution < 1.29 is 19.4 Å². The Morgan fingerprint density at radius 3 is 2.08 bits per heavy atom. The molecule has 0 fully saturated rings. The molecule has 0 aromatic heterocycles. The van der Waals surface area contributed by atoms with Gasteiger partial charge in [0.25, 0.3) is 0 Å². The van der Waals surface area contributed by atoms with Crippen molar-refractivity contribution in [3.8, 4) is 11.5 Å². The smallest absolute Gasteiger partial charge is 0.163 e. The van der Waals surface area contributed by atoms with Crippen LogP contribution in [0, 0.1) is 0 Å². The van der Waals surface area contributed by atoms with Crippen molar-refractivity contribution in [2.75, 3.05) is 7.11 Å². The van der Waals surface area contributed by atoms with E-state index in [0.29, 0.717) is 26.9 Å². The molecule has 0 radical (unpaired) electrons. The van der Waals surface area contributed by atoms with E-state index >= 15 is 0 Å². The molecule has 2 aromatic rings. The molecule has 134 valence electrons. The Morgan fingerprint density at radius 2 is 1.54 bits per heavy atom. The molecule has 2 rings (SSSR count). The number of methoxy groups -OCH3 is 1. The third-order valence-electron chi connectivity index (χ3n) is 3.42. The summed E-state index contributed by atoms with van der Waals surface area (Å²) in [5.74, 6) is -0.355. The summed E-state index contributed by atoms with van der Waals surface area (Å²) < 4.78 is 4.95. The van der Waals surface area contributed by atoms with Gasteiger partial charge in [0.15, 0.2) is 23.1 Å². The fourth-order valence-corrected chi connectivity index (χ4v) is 2.40. The van der Waals surface area contributed by atoms with Crippen LogP contribution in [0.3, 0.4) is 0 Å². The number of carbonyl (C=O) groups excluding carboxylic acids is 2. The number of benzene rings is 2. The highest BCUT2D eigenvalue weighted by Gasteiger charge is 2.05. The van der Waals surface area contributed by atoms with Gasteiger partial charge in [-0.15, -0.1) is 0 Å². The second-order valence-electron chi connectivity index (χ2n) is 5.38. The lowest BCUT2D eigenvalue weighted by atomic mass is 10.1. The number of aromatic hydroxyl groups is 1. The molecule has 0 spiro atoms. The van der Waals surface area contributed by atoms with Crippen molar-refractivity contribution in [3.05, 3.63) is 69.7 Å². The Kier molecular flexibility index (Phi) is 7.01. The van der Waals surface area contributed by atoms with Gasteiger partial charge in [0.1, 0.15) is 0 Å². The van der Waals surface area contributed by atoms with Crippen LogP contribution >= 0.6 is 23.2 Å². The molecule has 0 unspecified atom stereocenters. The third kappa shape index (κ3) is 5.76. The normalized spacial score (nSPS) is 11.2. The van der Waals surface area contributed by atoms with Gasteiger partial charge in [-0.3, -0.25) is 9.59 Å². The molecule has 0 aliphatic heterocycles. The van der Waals surface area contributed by atoms with E-state index in [9.17, 15) is 14.7 Å². The number of hydrogen-bond donors (Lipinski definition) is 1. The summed E-state index contributed by atoms with van der Waals surface area (Å²) in [5, 5.41) is 10.5. The van der Waals surface area contributed by atoms with Gasteiger partial charge in [-0.25, -0.2) is 0 Å². The number of ether oxygens (including phenoxy) is 1. The van der Waals surface area contributed by atoms with E-state index in [-0.39, 0.29) is 23.7 Å². The SMILES string of the molecule is COc1ccc(/C=C/C(=O)CC(=O)/C=C/c2ccc(Cl)c(Cl)c2)cc1O. The molecular formula is C20H16Cl2O4. The lowest BCUT2D eigenvalue weighted by Crippen LogP contribution is -2.01. The standard InChI is InChI=1S/C20H16Cl2O4/c1-26-20-9-5-14(11-19(20)25)3-7-16(24)12-15(23)6-2-13-4-8-17(21)18(22)10-13/h2-11,25H,12H2,1H3/b6-2+,7-3+. The Balaban J connectivity index is 1.94. The number of hydrogen-bond acceptors (Lipinski definition) is 4. The number of halogens is 2. The lowest BCUT2D eigenvalue weighted by molar-refractivity contribution is -0.121. The summed E-state index contributed by atoms with van der Waals surface area (Å²) in [6, 6.07) is 9.72. The van der Waals surface area contributed by atoms with Crippen molar-refractivity contribution >= 4 is 46.9 Å². The van der Waals surface area contributed by atoms with Gasteiger partial charge >= 0.3 is 0 Å². The fourth-order valence-electron chi connectivity index (χ4n) is 2.09. The zero-order valence-electron chi connectivity index (χ0n) is 13.9. The predicted octanol–water partition coefficient (Wildman–Crippen LogP) is 4.96. The van der Waals surface area contributed by atoms with E-state index in [1.807, 2.05) is 0 Å². The van der Waals surface area contributed by atoms with Gasteiger partial charge in [0, 0.05) is 0 Å². The molecule has 1 N–H and O–H groups in total. The second-order valence-corrected chi connectivity index (χ2v) is 6.20. The third-order valence-corrected chi connectivity index (χ3v) is 4.16. The minimum absolute atomic E-state index is 0.0252. The monoisotopic (exact) mass is 390 g/mol. The van der Waals surface area contributed by atoms with Crippen LogP contribution in [0.4, 0.5) is 0 Å². The number of phenols is 1. The highest BCUT2D eigenvalue weighted by atomic mass is 35.5. The predicted molar refractivity (Wildman–Crippen MR) is 104 cm³/mol. The van der Waals surface area contributed by atoms with E-state index in [1.165, 1.54) is 31.4 Å². The molecule has 26 heavy (non-hydrogen) atoms. The molecule has 2 aromatic carbocycles. The van der Waals surface area contributed by atoms with E-state index < -0.39 is 0 Å². The number of rotatable bonds is 7. The zero-order valence-corrected chi connectivity index (χ0v) is 15.4. The molecule has 0 heterocycles. The number of phenolic OH excluding ortho intramolecular Hbond substituents is 1. The summed E-state index contributed by atoms with van der Waals surface area (Å²) in [6.07, 6.45) is 5.47. The number of ketones is 2. The molecule has 0 saturated heterocycles. The summed E-state index contributed by atoms with van der Waals surface area (Å²) in [4.78, 5) is 23.7. The van der Waals surface area contributed by atoms with Gasteiger partial charge in [0.05, 0.1) is 23.6 Å². The van der Waals surface area contributed by atoms with Gasteiger partial charge < -0.3 is 9.84 Å². The summed E-state index contributed by atoms with van der Waals surface area (Å²) in [5.41, 5.74) is 1.33. The maximum absolute atomic E-state index is 11.9. The summed E-state index contributed by atoms with van der Waals surface area (Å²) in [6.45, 7) is 0. The molecule has 0 aliphatic rings. The molecular weight excluding hydrogens is 375 g/mol. The summed E-state index contributed by atoms with van der Waals surface area (Å²) >= 11 is 11.7. The van der Waals surface area contributed by atoms with E-state index in [2.05, 4.69) is 0 Å². The average molecular weight is 391 g/mol. The number of allylic oxidation sites excluding steroid dienone is 2. The van der Waals surface area contributed by atoms with Gasteiger partial charge in [-0.1, -0.05) is 47.5 Å². The van der Waals surface area contributed by atoms with Crippen LogP contribution in [-0.2, 0) is 9.59 Å². The Labute approximate surface area is 161 Å². The maximum atomic E-state index is 11.9. The molecule has 0 amide bonds. The first-order valence-electron chi connectivity index (χ1n) is 7.63. The zero-order chi connectivity index (χ0) is 19.1. The highest BCUT2D eigenvalue weighted by Crippen LogP contribution is 2.26. The molecule has 4 nitrogen and oxygen atoms in total. The minimum atomic E-state index is -0.343. The van der Waals surface area contributed by atoms with Crippen LogP contribution in [0.1, 0.15) is 17.5 Å². The van der Waals surface area contributed by atoms with Crippen molar-refractivity contribution in [2.45, 2.75) is 6.42 Å². The van der Waals surface area contributed by atoms with Crippen LogP contribution in [0.5, 0.6) is 11.5 Å². The first kappa shape index (κ1) is 19.8. The topological polar surface area (TPSA) is 63.6 Å². The average Bonchev–Trinajstić information content (AvgIpc) is 2.61. The fraction of sp³-hybridized carbons (Fsp3) is 0.100. The van der Waals surface area contributed by atoms with Crippen molar-refractivity contribution in [1.29, 1.82) is 0 Å². The van der Waals surface area contributed by atoms with Crippen LogP contribution in [0.25, 0.3) is 12.2 Å². The van der Waals surface area contributed by atoms with Crippen molar-refractivity contribution in [1.82, 2.24) is 0 Å². The van der Waals surface area contributed by atoms with Gasteiger partial charge in [0.2, 0.25) is 0 Å². The Hall–Kier alpha value is -2.56. The van der Waals surface area contributed by atoms with Gasteiger partial charge in [-0.2, -0.15) is 0 Å². The van der Waals surface area contributed by atoms with Crippen LogP contribution < -0.4 is 4.74 Å². The van der Waals surface area contributed by atoms with Crippen molar-refractivity contribution in [3.63, 3.8) is 0 Å². The summed E-state index contributed by atoms with van der Waals surface area (Å²) in [7, 11) is 1.45. The molecule has 0 bridgehead atoms. The molecule has 0 aliphatic carbocycles. The maximum Gasteiger partial charge on any atom is 0.163 e. The van der Waals surface area contributed by atoms with Crippen molar-refractivity contribution in [2.24, 2.45) is 0 Å². The van der Waals surface area contributed by atoms with E-state index in [0.717, 1.165) is 0 Å². The lowest BCUT2D eigenvalue weighted by Gasteiger charge is -2.03. The van der Waals surface area contributed by atoms with E-state index in [4.69, 9.17) is 27.9 Å². The second kappa shape index (κ2) is 9.22. The van der Waals surface area contributed by atoms with Crippen LogP contribution in [-0.4, -0.2) is 23.8 Å². The first-order valence-corrected chi connectivity index (χ1v) is 8.38. The minimum Gasteiger partial charge on any atom is -0.504 e. The number of carbonyl (C=O) groups is 2.